The van der Waals surface area contributed by atoms with Gasteiger partial charge in [-0.3, -0.25) is 4.79 Å². The summed E-state index contributed by atoms with van der Waals surface area (Å²) in [6, 6.07) is 9.41. The summed E-state index contributed by atoms with van der Waals surface area (Å²) in [5, 5.41) is 0. The summed E-state index contributed by atoms with van der Waals surface area (Å²) < 4.78 is 9.02. The molecule has 0 heterocycles. The van der Waals surface area contributed by atoms with Crippen LogP contribution in [0.15, 0.2) is 42.5 Å². The summed E-state index contributed by atoms with van der Waals surface area (Å²) >= 11 is 0. The van der Waals surface area contributed by atoms with Crippen molar-refractivity contribution in [3.8, 4) is 0 Å². The minimum Gasteiger partial charge on any atom is -0.466 e. The lowest BCUT2D eigenvalue weighted by Crippen LogP contribution is -2.18. The topological polar surface area (TPSA) is 69.7 Å². The highest BCUT2D eigenvalue weighted by Crippen LogP contribution is 2.55. The molecular formula is C16H16O5. The summed E-state index contributed by atoms with van der Waals surface area (Å²) in [7, 11) is 2.46. The largest absolute Gasteiger partial charge is 0.466 e. The lowest BCUT2D eigenvalue weighted by atomic mass is 10.1. The van der Waals surface area contributed by atoms with E-state index in [0.717, 1.165) is 5.56 Å². The second-order valence-corrected chi connectivity index (χ2v) is 4.78. The molecule has 2 rings (SSSR count). The number of Topliss-reactive ketones (excluding diaryl/α,β-unsaturated/α-hetero) is 1. The van der Waals surface area contributed by atoms with Gasteiger partial charge in [-0.1, -0.05) is 36.4 Å². The number of ketones is 1. The van der Waals surface area contributed by atoms with Gasteiger partial charge < -0.3 is 9.47 Å². The van der Waals surface area contributed by atoms with Gasteiger partial charge >= 0.3 is 11.9 Å². The van der Waals surface area contributed by atoms with E-state index in [2.05, 4.69) is 9.47 Å². The van der Waals surface area contributed by atoms with Crippen molar-refractivity contribution in [2.24, 2.45) is 11.8 Å². The predicted octanol–water partition coefficient (Wildman–Crippen LogP) is 1.49. The monoisotopic (exact) mass is 288 g/mol. The van der Waals surface area contributed by atoms with Gasteiger partial charge in [0, 0.05) is 17.9 Å². The van der Waals surface area contributed by atoms with Crippen molar-refractivity contribution in [1.82, 2.24) is 0 Å². The molecule has 110 valence electrons. The normalized spacial score (nSPS) is 23.6. The van der Waals surface area contributed by atoms with Gasteiger partial charge in [0.25, 0.3) is 0 Å². The Hall–Kier alpha value is -2.43. The van der Waals surface area contributed by atoms with Gasteiger partial charge in [-0.15, -0.1) is 0 Å². The highest BCUT2D eigenvalue weighted by atomic mass is 16.5. The fourth-order valence-electron chi connectivity index (χ4n) is 2.51. The lowest BCUT2D eigenvalue weighted by Gasteiger charge is -1.98. The quantitative estimate of drug-likeness (QED) is 0.466. The van der Waals surface area contributed by atoms with Crippen molar-refractivity contribution in [2.45, 2.75) is 5.92 Å². The fourth-order valence-corrected chi connectivity index (χ4v) is 2.51. The molecule has 1 unspecified atom stereocenters. The molecular weight excluding hydrogens is 272 g/mol. The van der Waals surface area contributed by atoms with Gasteiger partial charge in [-0.25, -0.2) is 9.59 Å². The first-order valence-corrected chi connectivity index (χ1v) is 6.53. The van der Waals surface area contributed by atoms with Crippen LogP contribution in [-0.2, 0) is 23.9 Å². The Kier molecular flexibility index (Phi) is 4.52. The Bertz CT molecular complexity index is 576. The Morgan fingerprint density at radius 2 is 1.71 bits per heavy atom. The Morgan fingerprint density at radius 1 is 1.05 bits per heavy atom. The smallest absolute Gasteiger partial charge is 0.374 e. The Balaban J connectivity index is 2.20. The zero-order valence-corrected chi connectivity index (χ0v) is 11.8. The maximum absolute atomic E-state index is 12.0. The minimum atomic E-state index is -0.852. The van der Waals surface area contributed by atoms with Gasteiger partial charge in [-0.2, -0.15) is 0 Å². The molecule has 3 atom stereocenters. The van der Waals surface area contributed by atoms with Gasteiger partial charge in [-0.05, 0) is 11.5 Å². The van der Waals surface area contributed by atoms with Crippen molar-refractivity contribution in [2.75, 3.05) is 14.2 Å². The van der Waals surface area contributed by atoms with E-state index < -0.39 is 23.6 Å². The van der Waals surface area contributed by atoms with E-state index in [0.29, 0.717) is 0 Å². The molecule has 0 aromatic heterocycles. The number of rotatable bonds is 5. The van der Waals surface area contributed by atoms with Crippen LogP contribution in [0, 0.1) is 11.8 Å². The molecule has 1 aliphatic rings. The number of methoxy groups -OCH3 is 2. The minimum absolute atomic E-state index is 0.112. The molecule has 0 N–H and O–H groups in total. The first-order valence-electron chi connectivity index (χ1n) is 6.53. The zero-order valence-electron chi connectivity index (χ0n) is 11.8. The molecule has 1 saturated carbocycles. The van der Waals surface area contributed by atoms with Crippen LogP contribution in [0.5, 0.6) is 0 Å². The zero-order chi connectivity index (χ0) is 15.4. The third-order valence-electron chi connectivity index (χ3n) is 3.60. The molecule has 0 spiro atoms. The van der Waals surface area contributed by atoms with Crippen LogP contribution in [0.2, 0.25) is 0 Å². The number of esters is 2. The molecule has 0 aliphatic heterocycles. The number of carbonyl (C=O) groups is 3. The molecule has 5 heteroatoms. The first kappa shape index (κ1) is 15.0. The maximum Gasteiger partial charge on any atom is 0.374 e. The van der Waals surface area contributed by atoms with Crippen molar-refractivity contribution in [1.29, 1.82) is 0 Å². The van der Waals surface area contributed by atoms with E-state index in [-0.39, 0.29) is 11.8 Å². The summed E-state index contributed by atoms with van der Waals surface area (Å²) in [5.74, 6) is -2.70. The van der Waals surface area contributed by atoms with Crippen LogP contribution < -0.4 is 0 Å². The average Bonchev–Trinajstić information content (AvgIpc) is 3.26. The Morgan fingerprint density at radius 3 is 2.29 bits per heavy atom. The van der Waals surface area contributed by atoms with Crippen LogP contribution in [0.25, 0.3) is 0 Å². The van der Waals surface area contributed by atoms with Gasteiger partial charge in [0.1, 0.15) is 0 Å². The van der Waals surface area contributed by atoms with Crippen molar-refractivity contribution < 1.29 is 23.9 Å². The van der Waals surface area contributed by atoms with Crippen LogP contribution in [-0.4, -0.2) is 31.9 Å². The summed E-state index contributed by atoms with van der Waals surface area (Å²) in [6.07, 6.45) is 2.90. The van der Waals surface area contributed by atoms with Gasteiger partial charge in [0.15, 0.2) is 0 Å². The molecule has 1 aliphatic carbocycles. The van der Waals surface area contributed by atoms with Crippen molar-refractivity contribution >= 4 is 17.7 Å². The molecule has 0 amide bonds. The molecule has 21 heavy (non-hydrogen) atoms. The Labute approximate surface area is 122 Å². The van der Waals surface area contributed by atoms with E-state index in [1.807, 2.05) is 30.3 Å². The third kappa shape index (κ3) is 3.18. The van der Waals surface area contributed by atoms with E-state index >= 15 is 0 Å². The summed E-state index contributed by atoms with van der Waals surface area (Å²) in [4.78, 5) is 34.6. The van der Waals surface area contributed by atoms with E-state index in [9.17, 15) is 14.4 Å². The first-order chi connectivity index (χ1) is 10.1. The summed E-state index contributed by atoms with van der Waals surface area (Å²) in [6.45, 7) is 0. The number of hydrogen-bond donors (Lipinski definition) is 0. The lowest BCUT2D eigenvalue weighted by molar-refractivity contribution is -0.152. The van der Waals surface area contributed by atoms with Gasteiger partial charge in [0.05, 0.1) is 14.2 Å². The van der Waals surface area contributed by atoms with E-state index in [1.165, 1.54) is 20.3 Å². The molecule has 0 radical (unpaired) electrons. The second-order valence-electron chi connectivity index (χ2n) is 4.78. The molecule has 1 aromatic rings. The SMILES string of the molecule is COC(=O)/C=C/C1[C@H](C(=O)C(=O)OC)[C@H]1c1ccccc1. The fraction of sp³-hybridized carbons (Fsp3) is 0.312. The van der Waals surface area contributed by atoms with E-state index in [4.69, 9.17) is 0 Å². The summed E-state index contributed by atoms with van der Waals surface area (Å²) in [5.41, 5.74) is 0.958. The number of ether oxygens (including phenoxy) is 2. The predicted molar refractivity (Wildman–Crippen MR) is 74.3 cm³/mol. The van der Waals surface area contributed by atoms with Gasteiger partial charge in [0.2, 0.25) is 5.78 Å². The highest BCUT2D eigenvalue weighted by Gasteiger charge is 2.55. The van der Waals surface area contributed by atoms with Crippen LogP contribution in [0.4, 0.5) is 0 Å². The van der Waals surface area contributed by atoms with E-state index in [1.54, 1.807) is 6.08 Å². The highest BCUT2D eigenvalue weighted by molar-refractivity contribution is 6.35. The number of carbonyl (C=O) groups excluding carboxylic acids is 3. The standard InChI is InChI=1S/C16H16O5/c1-20-12(17)9-8-11-13(10-6-4-3-5-7-10)14(11)15(18)16(19)21-2/h3-9,11,13-14H,1-2H3/b9-8+/t11?,13-,14-/m0/s1. The number of allylic oxidation sites excluding steroid dienone is 1. The maximum atomic E-state index is 12.0. The molecule has 5 nitrogen and oxygen atoms in total. The molecule has 0 bridgehead atoms. The van der Waals surface area contributed by atoms with Crippen LogP contribution >= 0.6 is 0 Å². The molecule has 0 saturated heterocycles. The van der Waals surface area contributed by atoms with Crippen LogP contribution in [0.1, 0.15) is 11.5 Å². The second kappa shape index (κ2) is 6.35. The third-order valence-corrected chi connectivity index (χ3v) is 3.60. The molecule has 1 aromatic carbocycles. The number of benzene rings is 1. The van der Waals surface area contributed by atoms with Crippen LogP contribution in [0.3, 0.4) is 0 Å². The molecule has 1 fully saturated rings. The number of hydrogen-bond acceptors (Lipinski definition) is 5. The van der Waals surface area contributed by atoms with Crippen molar-refractivity contribution in [3.05, 3.63) is 48.0 Å². The average molecular weight is 288 g/mol. The van der Waals surface area contributed by atoms with Crippen molar-refractivity contribution in [3.63, 3.8) is 0 Å².